The molecule has 1 saturated carbocycles. The van der Waals surface area contributed by atoms with E-state index in [1.807, 2.05) is 23.0 Å². The van der Waals surface area contributed by atoms with E-state index < -0.39 is 4.33 Å². The zero-order valence-electron chi connectivity index (χ0n) is 12.7. The van der Waals surface area contributed by atoms with Crippen molar-refractivity contribution < 1.29 is 4.39 Å². The fourth-order valence-electron chi connectivity index (χ4n) is 2.77. The first-order valence-electron chi connectivity index (χ1n) is 7.64. The molecule has 6 heteroatoms. The molecular formula is C18H14Cl2FN3. The van der Waals surface area contributed by atoms with Gasteiger partial charge in [-0.2, -0.15) is 5.10 Å². The second kappa shape index (κ2) is 5.87. The fraction of sp³-hybridized carbons (Fsp3) is 0.222. The molecule has 3 aromatic rings. The molecule has 2 aromatic heterocycles. The van der Waals surface area contributed by atoms with Crippen molar-refractivity contribution in [2.75, 3.05) is 0 Å². The summed E-state index contributed by atoms with van der Waals surface area (Å²) >= 11 is 12.3. The number of halogens is 3. The fourth-order valence-corrected chi connectivity index (χ4v) is 3.28. The lowest BCUT2D eigenvalue weighted by Crippen LogP contribution is -2.04. The van der Waals surface area contributed by atoms with Crippen molar-refractivity contribution in [3.63, 3.8) is 0 Å². The van der Waals surface area contributed by atoms with Crippen LogP contribution in [0.25, 0.3) is 22.4 Å². The SMILES string of the molecule is Fc1ccc(-c2nn(CC3CC3(Cl)Cl)cc2-c2ccncc2)cc1. The highest BCUT2D eigenvalue weighted by Gasteiger charge is 2.51. The average Bonchev–Trinajstić information content (AvgIpc) is 2.98. The van der Waals surface area contributed by atoms with Gasteiger partial charge >= 0.3 is 0 Å². The highest BCUT2D eigenvalue weighted by atomic mass is 35.5. The number of nitrogens with zero attached hydrogens (tertiary/aromatic N) is 3. The van der Waals surface area contributed by atoms with Gasteiger partial charge in [-0.05, 0) is 48.4 Å². The molecule has 0 N–H and O–H groups in total. The van der Waals surface area contributed by atoms with Crippen molar-refractivity contribution in [2.45, 2.75) is 17.3 Å². The Balaban J connectivity index is 1.75. The van der Waals surface area contributed by atoms with Crippen molar-refractivity contribution in [2.24, 2.45) is 5.92 Å². The zero-order chi connectivity index (χ0) is 16.7. The van der Waals surface area contributed by atoms with E-state index in [0.717, 1.165) is 28.8 Å². The topological polar surface area (TPSA) is 30.7 Å². The van der Waals surface area contributed by atoms with Gasteiger partial charge in [0.05, 0.1) is 0 Å². The maximum Gasteiger partial charge on any atom is 0.123 e. The highest BCUT2D eigenvalue weighted by molar-refractivity contribution is 6.50. The predicted octanol–water partition coefficient (Wildman–Crippen LogP) is 4.95. The summed E-state index contributed by atoms with van der Waals surface area (Å²) in [5.41, 5.74) is 3.64. The Hall–Kier alpha value is -1.91. The summed E-state index contributed by atoms with van der Waals surface area (Å²) < 4.78 is 14.5. The lowest BCUT2D eigenvalue weighted by Gasteiger charge is -2.02. The van der Waals surface area contributed by atoms with Crippen LogP contribution in [0.15, 0.2) is 55.0 Å². The molecule has 1 aromatic carbocycles. The van der Waals surface area contributed by atoms with E-state index in [-0.39, 0.29) is 11.7 Å². The molecule has 0 aliphatic heterocycles. The maximum atomic E-state index is 13.2. The Bertz CT molecular complexity index is 860. The molecule has 1 unspecified atom stereocenters. The number of rotatable bonds is 4. The van der Waals surface area contributed by atoms with Crippen molar-refractivity contribution in [3.05, 3.63) is 60.8 Å². The van der Waals surface area contributed by atoms with Gasteiger partial charge in [0.15, 0.2) is 0 Å². The van der Waals surface area contributed by atoms with Crippen LogP contribution >= 0.6 is 23.2 Å². The van der Waals surface area contributed by atoms with Crippen LogP contribution in [0.5, 0.6) is 0 Å². The van der Waals surface area contributed by atoms with Crippen LogP contribution in [-0.2, 0) is 6.54 Å². The van der Waals surface area contributed by atoms with E-state index in [1.165, 1.54) is 12.1 Å². The number of aromatic nitrogens is 3. The molecule has 0 bridgehead atoms. The number of hydrogen-bond acceptors (Lipinski definition) is 2. The van der Waals surface area contributed by atoms with Crippen molar-refractivity contribution in [3.8, 4) is 22.4 Å². The van der Waals surface area contributed by atoms with Gasteiger partial charge in [0, 0.05) is 42.2 Å². The lowest BCUT2D eigenvalue weighted by atomic mass is 10.0. The van der Waals surface area contributed by atoms with Gasteiger partial charge in [-0.3, -0.25) is 9.67 Å². The molecule has 0 saturated heterocycles. The molecule has 1 aliphatic rings. The van der Waals surface area contributed by atoms with Crippen LogP contribution in [0.4, 0.5) is 4.39 Å². The Kier molecular flexibility index (Phi) is 3.82. The normalized spacial score (nSPS) is 18.5. The van der Waals surface area contributed by atoms with E-state index in [9.17, 15) is 4.39 Å². The van der Waals surface area contributed by atoms with Gasteiger partial charge < -0.3 is 0 Å². The van der Waals surface area contributed by atoms with Gasteiger partial charge in [-0.25, -0.2) is 4.39 Å². The molecule has 122 valence electrons. The summed E-state index contributed by atoms with van der Waals surface area (Å²) in [6.45, 7) is 0.659. The van der Waals surface area contributed by atoms with Crippen molar-refractivity contribution >= 4 is 23.2 Å². The van der Waals surface area contributed by atoms with Gasteiger partial charge in [0.25, 0.3) is 0 Å². The Morgan fingerprint density at radius 3 is 2.38 bits per heavy atom. The quantitative estimate of drug-likeness (QED) is 0.615. The van der Waals surface area contributed by atoms with Gasteiger partial charge in [0.2, 0.25) is 0 Å². The van der Waals surface area contributed by atoms with Crippen LogP contribution in [0.2, 0.25) is 0 Å². The molecule has 2 heterocycles. The summed E-state index contributed by atoms with van der Waals surface area (Å²) in [5.74, 6) is -0.0669. The van der Waals surface area contributed by atoms with Gasteiger partial charge in [-0.1, -0.05) is 0 Å². The van der Waals surface area contributed by atoms with Crippen molar-refractivity contribution in [1.82, 2.24) is 14.8 Å². The molecule has 1 fully saturated rings. The second-order valence-electron chi connectivity index (χ2n) is 6.02. The number of hydrogen-bond donors (Lipinski definition) is 0. The third-order valence-electron chi connectivity index (χ3n) is 4.23. The first kappa shape index (κ1) is 15.6. The lowest BCUT2D eigenvalue weighted by molar-refractivity contribution is 0.561. The molecular weight excluding hydrogens is 348 g/mol. The Labute approximate surface area is 149 Å². The van der Waals surface area contributed by atoms with Crippen LogP contribution < -0.4 is 0 Å². The molecule has 0 radical (unpaired) electrons. The number of alkyl halides is 2. The first-order valence-corrected chi connectivity index (χ1v) is 8.40. The van der Waals surface area contributed by atoms with Gasteiger partial charge in [-0.15, -0.1) is 23.2 Å². The van der Waals surface area contributed by atoms with E-state index in [1.54, 1.807) is 24.5 Å². The van der Waals surface area contributed by atoms with E-state index in [2.05, 4.69) is 10.1 Å². The molecule has 1 atom stereocenters. The minimum atomic E-state index is -0.640. The summed E-state index contributed by atoms with van der Waals surface area (Å²) in [5, 5.41) is 4.69. The average molecular weight is 362 g/mol. The zero-order valence-corrected chi connectivity index (χ0v) is 14.2. The highest BCUT2D eigenvalue weighted by Crippen LogP contribution is 2.54. The van der Waals surface area contributed by atoms with Crippen molar-refractivity contribution in [1.29, 1.82) is 0 Å². The van der Waals surface area contributed by atoms with Crippen LogP contribution in [0, 0.1) is 11.7 Å². The van der Waals surface area contributed by atoms with Crippen LogP contribution in [-0.4, -0.2) is 19.1 Å². The van der Waals surface area contributed by atoms with E-state index >= 15 is 0 Å². The van der Waals surface area contributed by atoms with Gasteiger partial charge in [0.1, 0.15) is 15.8 Å². The van der Waals surface area contributed by atoms with Crippen LogP contribution in [0.1, 0.15) is 6.42 Å². The summed E-state index contributed by atoms with van der Waals surface area (Å²) in [7, 11) is 0. The molecule has 0 spiro atoms. The largest absolute Gasteiger partial charge is 0.271 e. The summed E-state index contributed by atoms with van der Waals surface area (Å²) in [6, 6.07) is 10.2. The molecule has 4 rings (SSSR count). The Morgan fingerprint density at radius 2 is 1.75 bits per heavy atom. The summed E-state index contributed by atoms with van der Waals surface area (Å²) in [6.07, 6.45) is 6.23. The second-order valence-corrected chi connectivity index (χ2v) is 7.56. The summed E-state index contributed by atoms with van der Waals surface area (Å²) in [4.78, 5) is 4.06. The molecule has 1 aliphatic carbocycles. The third kappa shape index (κ3) is 3.04. The van der Waals surface area contributed by atoms with E-state index in [4.69, 9.17) is 23.2 Å². The smallest absolute Gasteiger partial charge is 0.123 e. The maximum absolute atomic E-state index is 13.2. The third-order valence-corrected chi connectivity index (χ3v) is 5.16. The minimum absolute atomic E-state index is 0.201. The Morgan fingerprint density at radius 1 is 1.08 bits per heavy atom. The number of benzene rings is 1. The number of pyridine rings is 1. The first-order chi connectivity index (χ1) is 11.5. The van der Waals surface area contributed by atoms with E-state index in [0.29, 0.717) is 6.54 Å². The van der Waals surface area contributed by atoms with Crippen LogP contribution in [0.3, 0.4) is 0 Å². The minimum Gasteiger partial charge on any atom is -0.271 e. The molecule has 24 heavy (non-hydrogen) atoms. The monoisotopic (exact) mass is 361 g/mol. The predicted molar refractivity (Wildman–Crippen MR) is 93.4 cm³/mol. The molecule has 0 amide bonds. The molecule has 3 nitrogen and oxygen atoms in total. The standard InChI is InChI=1S/C18H14Cl2FN3/c19-18(20)9-14(18)10-24-11-16(12-5-7-22-8-6-12)17(23-24)13-1-3-15(21)4-2-13/h1-8,11,14H,9-10H2.